The minimum Gasteiger partial charge on any atom is -0.251 e. The van der Waals surface area contributed by atoms with Gasteiger partial charge in [-0.3, -0.25) is 4.98 Å². The van der Waals surface area contributed by atoms with E-state index in [4.69, 9.17) is 0 Å². The summed E-state index contributed by atoms with van der Waals surface area (Å²) in [5, 5.41) is 4.49. The predicted molar refractivity (Wildman–Crippen MR) is 117 cm³/mol. The molecular weight excluding hydrogens is 453 g/mol. The first kappa shape index (κ1) is 21.6. The number of benzene rings is 1. The Morgan fingerprint density at radius 1 is 1.03 bits per heavy atom. The second-order valence-corrected chi connectivity index (χ2v) is 10.3. The van der Waals surface area contributed by atoms with Gasteiger partial charge in [0.25, 0.3) is 0 Å². The zero-order valence-corrected chi connectivity index (χ0v) is 18.4. The zero-order chi connectivity index (χ0) is 23.4. The molecule has 0 aliphatic heterocycles. The lowest BCUT2D eigenvalue weighted by Gasteiger charge is -2.11. The van der Waals surface area contributed by atoms with Crippen LogP contribution in [0.15, 0.2) is 59.9 Å². The first-order chi connectivity index (χ1) is 15.7. The van der Waals surface area contributed by atoms with Gasteiger partial charge in [0.15, 0.2) is 15.7 Å². The summed E-state index contributed by atoms with van der Waals surface area (Å²) in [6.45, 7) is 1.52. The molecule has 0 radical (unpaired) electrons. The van der Waals surface area contributed by atoms with E-state index in [9.17, 15) is 21.6 Å². The summed E-state index contributed by atoms with van der Waals surface area (Å²) in [6, 6.07) is 10.3. The Labute approximate surface area is 188 Å². The maximum Gasteiger partial charge on any atom is 0.433 e. The normalized spacial score (nSPS) is 14.7. The van der Waals surface area contributed by atoms with E-state index >= 15 is 0 Å². The van der Waals surface area contributed by atoms with Crippen molar-refractivity contribution in [1.82, 2.24) is 19.7 Å². The smallest absolute Gasteiger partial charge is 0.251 e. The summed E-state index contributed by atoms with van der Waals surface area (Å²) in [7, 11) is -3.71. The number of rotatable bonds is 5. The van der Waals surface area contributed by atoms with Crippen LogP contribution in [-0.2, 0) is 16.0 Å². The number of sulfone groups is 1. The van der Waals surface area contributed by atoms with E-state index in [1.807, 2.05) is 24.3 Å². The number of pyridine rings is 2. The van der Waals surface area contributed by atoms with Gasteiger partial charge in [-0.2, -0.15) is 18.3 Å². The fourth-order valence-corrected chi connectivity index (χ4v) is 4.74. The van der Waals surface area contributed by atoms with Gasteiger partial charge >= 0.3 is 6.18 Å². The molecule has 1 aliphatic rings. The van der Waals surface area contributed by atoms with Crippen LogP contribution in [0.3, 0.4) is 0 Å². The van der Waals surface area contributed by atoms with Gasteiger partial charge in [-0.15, -0.1) is 0 Å². The average molecular weight is 472 g/mol. The van der Waals surface area contributed by atoms with Crippen molar-refractivity contribution < 1.29 is 21.6 Å². The molecule has 1 aromatic carbocycles. The standard InChI is InChI=1S/C23H19F3N4O2S/c1-2-33(31,32)20-9-17(16-7-5-15(6-8-16)14-3-4-14)11-28-22(20)30-13-18-12-27-21(23(24,25)26)10-19(18)29-30/h5-14H,2-4H2,1H3. The molecule has 0 unspecified atom stereocenters. The third kappa shape index (κ3) is 4.10. The van der Waals surface area contributed by atoms with Gasteiger partial charge in [0.05, 0.1) is 11.3 Å². The summed E-state index contributed by atoms with van der Waals surface area (Å²) in [5.74, 6) is 0.476. The van der Waals surface area contributed by atoms with Gasteiger partial charge in [0.1, 0.15) is 10.6 Å². The Balaban J connectivity index is 1.61. The lowest BCUT2D eigenvalue weighted by atomic mass is 10.0. The van der Waals surface area contributed by atoms with Gasteiger partial charge in [0.2, 0.25) is 0 Å². The summed E-state index contributed by atoms with van der Waals surface area (Å²) >= 11 is 0. The Morgan fingerprint density at radius 3 is 2.39 bits per heavy atom. The van der Waals surface area contributed by atoms with Gasteiger partial charge in [-0.1, -0.05) is 31.2 Å². The molecule has 0 amide bonds. The molecule has 10 heteroatoms. The van der Waals surface area contributed by atoms with Crippen LogP contribution in [0.4, 0.5) is 13.2 Å². The van der Waals surface area contributed by atoms with Crippen molar-refractivity contribution in [2.24, 2.45) is 0 Å². The predicted octanol–water partition coefficient (Wildman–Crippen LogP) is 5.17. The van der Waals surface area contributed by atoms with Crippen molar-refractivity contribution in [2.45, 2.75) is 36.8 Å². The monoisotopic (exact) mass is 472 g/mol. The number of halogens is 3. The van der Waals surface area contributed by atoms with Crippen molar-refractivity contribution >= 4 is 20.7 Å². The highest BCUT2D eigenvalue weighted by Crippen LogP contribution is 2.40. The van der Waals surface area contributed by atoms with E-state index in [1.165, 1.54) is 36.2 Å². The van der Waals surface area contributed by atoms with Crippen molar-refractivity contribution in [3.8, 4) is 16.9 Å². The molecule has 0 saturated heterocycles. The van der Waals surface area contributed by atoms with Crippen LogP contribution in [0.25, 0.3) is 27.8 Å². The van der Waals surface area contributed by atoms with Crippen LogP contribution in [0.1, 0.15) is 36.9 Å². The molecular formula is C23H19F3N4O2S. The van der Waals surface area contributed by atoms with E-state index < -0.39 is 21.7 Å². The van der Waals surface area contributed by atoms with Crippen LogP contribution in [0.5, 0.6) is 0 Å². The van der Waals surface area contributed by atoms with Crippen molar-refractivity contribution in [3.05, 3.63) is 66.2 Å². The molecule has 1 saturated carbocycles. The Bertz CT molecular complexity index is 1460. The molecule has 0 N–H and O–H groups in total. The fraction of sp³-hybridized carbons (Fsp3) is 0.261. The van der Waals surface area contributed by atoms with Crippen LogP contribution < -0.4 is 0 Å². The van der Waals surface area contributed by atoms with Crippen LogP contribution in [-0.4, -0.2) is 33.9 Å². The van der Waals surface area contributed by atoms with Crippen LogP contribution in [0, 0.1) is 0 Å². The van der Waals surface area contributed by atoms with Gasteiger partial charge in [-0.05, 0) is 42.0 Å². The lowest BCUT2D eigenvalue weighted by molar-refractivity contribution is -0.141. The van der Waals surface area contributed by atoms with Gasteiger partial charge in [0, 0.05) is 29.5 Å². The number of hydrogen-bond donors (Lipinski definition) is 0. The molecule has 1 fully saturated rings. The quantitative estimate of drug-likeness (QED) is 0.400. The number of alkyl halides is 3. The van der Waals surface area contributed by atoms with E-state index in [2.05, 4.69) is 15.1 Å². The number of nitrogens with zero attached hydrogens (tertiary/aromatic N) is 4. The van der Waals surface area contributed by atoms with E-state index in [1.54, 1.807) is 12.3 Å². The highest BCUT2D eigenvalue weighted by molar-refractivity contribution is 7.91. The molecule has 3 aromatic heterocycles. The van der Waals surface area contributed by atoms with Crippen LogP contribution >= 0.6 is 0 Å². The summed E-state index contributed by atoms with van der Waals surface area (Å²) in [6.07, 6.45) is 1.79. The largest absolute Gasteiger partial charge is 0.433 e. The van der Waals surface area contributed by atoms with Gasteiger partial charge in [-0.25, -0.2) is 18.1 Å². The second-order valence-electron chi connectivity index (χ2n) is 8.05. The molecule has 6 nitrogen and oxygen atoms in total. The van der Waals surface area contributed by atoms with E-state index in [0.717, 1.165) is 17.8 Å². The zero-order valence-electron chi connectivity index (χ0n) is 17.5. The highest BCUT2D eigenvalue weighted by Gasteiger charge is 2.33. The maximum absolute atomic E-state index is 13.0. The Kier molecular flexibility index (Phi) is 5.00. The summed E-state index contributed by atoms with van der Waals surface area (Å²) in [4.78, 5) is 7.75. The molecule has 3 heterocycles. The molecule has 0 atom stereocenters. The molecule has 0 spiro atoms. The molecule has 4 aromatic rings. The van der Waals surface area contributed by atoms with Crippen molar-refractivity contribution in [2.75, 3.05) is 5.75 Å². The third-order valence-electron chi connectivity index (χ3n) is 5.74. The summed E-state index contributed by atoms with van der Waals surface area (Å²) in [5.41, 5.74) is 1.69. The third-order valence-corrected chi connectivity index (χ3v) is 7.47. The SMILES string of the molecule is CCS(=O)(=O)c1cc(-c2ccc(C3CC3)cc2)cnc1-n1cc2cnc(C(F)(F)F)cc2n1. The first-order valence-corrected chi connectivity index (χ1v) is 12.1. The fourth-order valence-electron chi connectivity index (χ4n) is 3.70. The topological polar surface area (TPSA) is 77.7 Å². The maximum atomic E-state index is 13.0. The van der Waals surface area contributed by atoms with Gasteiger partial charge < -0.3 is 0 Å². The average Bonchev–Trinajstić information content (AvgIpc) is 3.56. The lowest BCUT2D eigenvalue weighted by Crippen LogP contribution is -2.11. The van der Waals surface area contributed by atoms with E-state index in [-0.39, 0.29) is 22.0 Å². The molecule has 170 valence electrons. The Hall–Kier alpha value is -3.27. The highest BCUT2D eigenvalue weighted by atomic mass is 32.2. The minimum atomic E-state index is -4.61. The number of fused-ring (bicyclic) bond motifs is 1. The summed E-state index contributed by atoms with van der Waals surface area (Å²) < 4.78 is 66.0. The molecule has 0 bridgehead atoms. The first-order valence-electron chi connectivity index (χ1n) is 10.4. The molecule has 5 rings (SSSR count). The molecule has 1 aliphatic carbocycles. The number of aromatic nitrogens is 4. The van der Waals surface area contributed by atoms with E-state index in [0.29, 0.717) is 16.9 Å². The second kappa shape index (κ2) is 7.65. The Morgan fingerprint density at radius 2 is 1.76 bits per heavy atom. The molecule has 33 heavy (non-hydrogen) atoms. The van der Waals surface area contributed by atoms with Crippen molar-refractivity contribution in [3.63, 3.8) is 0 Å². The number of hydrogen-bond acceptors (Lipinski definition) is 5. The minimum absolute atomic E-state index is 0.0277. The van der Waals surface area contributed by atoms with Crippen molar-refractivity contribution in [1.29, 1.82) is 0 Å². The van der Waals surface area contributed by atoms with Crippen LogP contribution in [0.2, 0.25) is 0 Å².